The smallest absolute Gasteiger partial charge is 0.224 e. The number of hydrogen-bond acceptors (Lipinski definition) is 4. The highest BCUT2D eigenvalue weighted by Gasteiger charge is 2.20. The van der Waals surface area contributed by atoms with Crippen molar-refractivity contribution >= 4 is 18.3 Å². The number of hydrogen-bond donors (Lipinski definition) is 2. The summed E-state index contributed by atoms with van der Waals surface area (Å²) in [6.45, 7) is 5.51. The minimum Gasteiger partial charge on any atom is -0.348 e. The highest BCUT2D eigenvalue weighted by molar-refractivity contribution is 5.85. The first kappa shape index (κ1) is 18.1. The van der Waals surface area contributed by atoms with Crippen molar-refractivity contribution in [1.29, 1.82) is 0 Å². The molecule has 1 aromatic carbocycles. The number of rotatable bonds is 5. The van der Waals surface area contributed by atoms with Crippen LogP contribution in [-0.2, 0) is 4.79 Å². The van der Waals surface area contributed by atoms with Gasteiger partial charge in [0.1, 0.15) is 5.69 Å². The molecule has 3 N–H and O–H groups in total. The summed E-state index contributed by atoms with van der Waals surface area (Å²) in [6, 6.07) is 9.31. The van der Waals surface area contributed by atoms with E-state index in [9.17, 15) is 4.79 Å². The molecule has 7 heteroatoms. The monoisotopic (exact) mass is 323 g/mol. The predicted octanol–water partition coefficient (Wildman–Crippen LogP) is 1.85. The normalized spacial score (nSPS) is 14.5. The van der Waals surface area contributed by atoms with E-state index in [2.05, 4.69) is 15.6 Å². The molecule has 0 saturated heterocycles. The molecule has 0 saturated carbocycles. The van der Waals surface area contributed by atoms with Gasteiger partial charge in [-0.25, -0.2) is 4.68 Å². The van der Waals surface area contributed by atoms with Crippen molar-refractivity contribution in [2.75, 3.05) is 0 Å². The Labute approximate surface area is 136 Å². The van der Waals surface area contributed by atoms with Gasteiger partial charge in [0.15, 0.2) is 0 Å². The van der Waals surface area contributed by atoms with Gasteiger partial charge in [-0.1, -0.05) is 30.3 Å². The minimum absolute atomic E-state index is 0. The van der Waals surface area contributed by atoms with Gasteiger partial charge in [0, 0.05) is 12.0 Å². The Bertz CT molecular complexity index is 599. The van der Waals surface area contributed by atoms with Gasteiger partial charge < -0.3 is 11.1 Å². The van der Waals surface area contributed by atoms with Gasteiger partial charge in [-0.2, -0.15) is 0 Å². The van der Waals surface area contributed by atoms with E-state index in [0.29, 0.717) is 5.69 Å². The third-order valence-corrected chi connectivity index (χ3v) is 3.54. The van der Waals surface area contributed by atoms with E-state index in [1.54, 1.807) is 4.68 Å². The van der Waals surface area contributed by atoms with Crippen LogP contribution in [0.3, 0.4) is 0 Å². The molecule has 2 rings (SSSR count). The molecule has 6 nitrogen and oxygen atoms in total. The first-order chi connectivity index (χ1) is 9.99. The van der Waals surface area contributed by atoms with Crippen LogP contribution in [0.2, 0.25) is 0 Å². The van der Waals surface area contributed by atoms with Crippen molar-refractivity contribution in [3.63, 3.8) is 0 Å². The second-order valence-corrected chi connectivity index (χ2v) is 5.30. The molecule has 0 aliphatic heterocycles. The van der Waals surface area contributed by atoms with Gasteiger partial charge in [0.25, 0.3) is 0 Å². The molecule has 0 aliphatic carbocycles. The SMILES string of the molecule is CC(NC(=O)C(C)C(C)N)c1cn(-c2ccccc2)nn1.Cl. The third-order valence-electron chi connectivity index (χ3n) is 3.54. The molecule has 1 aromatic heterocycles. The number of nitrogens with one attached hydrogen (secondary N) is 1. The lowest BCUT2D eigenvalue weighted by Gasteiger charge is -2.18. The summed E-state index contributed by atoms with van der Waals surface area (Å²) in [6.07, 6.45) is 1.82. The standard InChI is InChI=1S/C15H21N5O.ClH/c1-10(11(2)16)15(21)17-12(3)14-9-20(19-18-14)13-7-5-4-6-8-13;/h4-12H,16H2,1-3H3,(H,17,21);1H. The molecule has 0 aliphatic rings. The first-order valence-electron chi connectivity index (χ1n) is 7.02. The van der Waals surface area contributed by atoms with Crippen molar-refractivity contribution < 1.29 is 4.79 Å². The van der Waals surface area contributed by atoms with Crippen LogP contribution in [0.1, 0.15) is 32.5 Å². The van der Waals surface area contributed by atoms with E-state index < -0.39 is 0 Å². The van der Waals surface area contributed by atoms with Crippen molar-refractivity contribution in [2.24, 2.45) is 11.7 Å². The zero-order valence-corrected chi connectivity index (χ0v) is 13.7. The maximum atomic E-state index is 12.0. The number of halogens is 1. The number of para-hydroxylation sites is 1. The van der Waals surface area contributed by atoms with Crippen LogP contribution in [0.25, 0.3) is 5.69 Å². The summed E-state index contributed by atoms with van der Waals surface area (Å²) < 4.78 is 1.69. The second-order valence-electron chi connectivity index (χ2n) is 5.30. The molecule has 1 amide bonds. The number of aromatic nitrogens is 3. The Balaban J connectivity index is 0.00000242. The van der Waals surface area contributed by atoms with Crippen molar-refractivity contribution in [3.05, 3.63) is 42.2 Å². The van der Waals surface area contributed by atoms with Crippen molar-refractivity contribution in [1.82, 2.24) is 20.3 Å². The van der Waals surface area contributed by atoms with Crippen LogP contribution in [0.15, 0.2) is 36.5 Å². The third kappa shape index (κ3) is 4.29. The summed E-state index contributed by atoms with van der Waals surface area (Å²) in [5, 5.41) is 11.1. The van der Waals surface area contributed by atoms with E-state index in [1.807, 2.05) is 57.3 Å². The highest BCUT2D eigenvalue weighted by atomic mass is 35.5. The summed E-state index contributed by atoms with van der Waals surface area (Å²) in [4.78, 5) is 12.0. The van der Waals surface area contributed by atoms with Gasteiger partial charge in [-0.3, -0.25) is 4.79 Å². The molecule has 3 atom stereocenters. The highest BCUT2D eigenvalue weighted by Crippen LogP contribution is 2.13. The molecule has 22 heavy (non-hydrogen) atoms. The topological polar surface area (TPSA) is 85.8 Å². The number of amides is 1. The zero-order chi connectivity index (χ0) is 15.4. The molecule has 2 aromatic rings. The van der Waals surface area contributed by atoms with E-state index in [-0.39, 0.29) is 36.3 Å². The fraction of sp³-hybridized carbons (Fsp3) is 0.400. The first-order valence-corrected chi connectivity index (χ1v) is 7.02. The summed E-state index contributed by atoms with van der Waals surface area (Å²) >= 11 is 0. The minimum atomic E-state index is -0.239. The van der Waals surface area contributed by atoms with Gasteiger partial charge in [-0.15, -0.1) is 17.5 Å². The summed E-state index contributed by atoms with van der Waals surface area (Å²) in [7, 11) is 0. The summed E-state index contributed by atoms with van der Waals surface area (Å²) in [5.74, 6) is -0.316. The number of nitrogens with two attached hydrogens (primary N) is 1. The lowest BCUT2D eigenvalue weighted by molar-refractivity contribution is -0.125. The second kappa shape index (κ2) is 7.91. The molecular formula is C15H22ClN5O. The Morgan fingerprint density at radius 1 is 1.23 bits per heavy atom. The molecule has 120 valence electrons. The Morgan fingerprint density at radius 3 is 2.45 bits per heavy atom. The van der Waals surface area contributed by atoms with Crippen LogP contribution >= 0.6 is 12.4 Å². The maximum absolute atomic E-state index is 12.0. The molecule has 1 heterocycles. The van der Waals surface area contributed by atoms with Crippen LogP contribution in [-0.4, -0.2) is 26.9 Å². The largest absolute Gasteiger partial charge is 0.348 e. The summed E-state index contributed by atoms with van der Waals surface area (Å²) in [5.41, 5.74) is 7.38. The fourth-order valence-electron chi connectivity index (χ4n) is 1.84. The van der Waals surface area contributed by atoms with Crippen LogP contribution in [0.4, 0.5) is 0 Å². The Morgan fingerprint density at radius 2 is 1.86 bits per heavy atom. The maximum Gasteiger partial charge on any atom is 0.224 e. The number of benzene rings is 1. The van der Waals surface area contributed by atoms with Gasteiger partial charge >= 0.3 is 0 Å². The lowest BCUT2D eigenvalue weighted by Crippen LogP contribution is -2.39. The van der Waals surface area contributed by atoms with Gasteiger partial charge in [0.05, 0.1) is 17.9 Å². The van der Waals surface area contributed by atoms with Crippen LogP contribution in [0.5, 0.6) is 0 Å². The predicted molar refractivity (Wildman–Crippen MR) is 88.0 cm³/mol. The molecule has 0 radical (unpaired) electrons. The lowest BCUT2D eigenvalue weighted by atomic mass is 10.0. The van der Waals surface area contributed by atoms with E-state index in [0.717, 1.165) is 5.69 Å². The Hall–Kier alpha value is -1.92. The van der Waals surface area contributed by atoms with Crippen molar-refractivity contribution in [2.45, 2.75) is 32.9 Å². The van der Waals surface area contributed by atoms with Crippen molar-refractivity contribution in [3.8, 4) is 5.69 Å². The average Bonchev–Trinajstić information content (AvgIpc) is 2.97. The van der Waals surface area contributed by atoms with E-state index in [4.69, 9.17) is 5.73 Å². The average molecular weight is 324 g/mol. The number of carbonyl (C=O) groups is 1. The molecule has 3 unspecified atom stereocenters. The molecule has 0 bridgehead atoms. The zero-order valence-electron chi connectivity index (χ0n) is 12.9. The van der Waals surface area contributed by atoms with Crippen LogP contribution in [0, 0.1) is 5.92 Å². The Kier molecular flexibility index (Phi) is 6.52. The fourth-order valence-corrected chi connectivity index (χ4v) is 1.84. The number of nitrogens with zero attached hydrogens (tertiary/aromatic N) is 3. The van der Waals surface area contributed by atoms with E-state index >= 15 is 0 Å². The van der Waals surface area contributed by atoms with Crippen LogP contribution < -0.4 is 11.1 Å². The molecule has 0 spiro atoms. The van der Waals surface area contributed by atoms with Gasteiger partial charge in [0.2, 0.25) is 5.91 Å². The molecule has 0 fully saturated rings. The number of carbonyl (C=O) groups excluding carboxylic acids is 1. The quantitative estimate of drug-likeness (QED) is 0.879. The van der Waals surface area contributed by atoms with Gasteiger partial charge in [-0.05, 0) is 26.0 Å². The molecular weight excluding hydrogens is 302 g/mol. The van der Waals surface area contributed by atoms with E-state index in [1.165, 1.54) is 0 Å².